The standard InChI is InChI=1S/C35H37.C15H14.C5H5.Zr/c1-22-13-9-11-15-26(22)30-18-24-17-25-19-31(27-16-12-10-14-23(27)2)33(35(6,7)8)21-29(25)28(24)20-32(30)34(3,4)5;1-3-8-14(9-4-1)12-7-13-15-10-5-2-6-11-15;1-2-4-5-3-1;/h9-16,18,20-21H,17H2,1-8H3;1-6,8-11H,12-13H2;1-3H,4H2;/q-1;;-1;+2. The van der Waals surface area contributed by atoms with E-state index >= 15 is 0 Å². The quantitative estimate of drug-likeness (QED) is 0.147. The normalized spacial score (nSPS) is 12.6. The molecule has 2 aliphatic rings. The van der Waals surface area contributed by atoms with Crippen LogP contribution in [0.1, 0.15) is 92.5 Å². The van der Waals surface area contributed by atoms with Gasteiger partial charge in [-0.2, -0.15) is 6.08 Å². The molecule has 0 radical (unpaired) electrons. The van der Waals surface area contributed by atoms with Crippen molar-refractivity contribution in [2.75, 3.05) is 0 Å². The number of hydrogen-bond acceptors (Lipinski definition) is 0. The molecular formula is C55H56Zr. The Hall–Kier alpha value is -4.45. The molecule has 2 aliphatic carbocycles. The molecule has 56 heavy (non-hydrogen) atoms. The molecule has 0 aliphatic heterocycles. The Balaban J connectivity index is 0.000000207. The third-order valence-corrected chi connectivity index (χ3v) is 11.5. The number of hydrogen-bond donors (Lipinski definition) is 0. The van der Waals surface area contributed by atoms with Gasteiger partial charge in [0.05, 0.1) is 0 Å². The topological polar surface area (TPSA) is 0 Å². The third kappa shape index (κ3) is 10.3. The van der Waals surface area contributed by atoms with Crippen LogP contribution in [-0.4, -0.2) is 3.21 Å². The van der Waals surface area contributed by atoms with E-state index in [0.29, 0.717) is 0 Å². The van der Waals surface area contributed by atoms with Gasteiger partial charge in [0.1, 0.15) is 0 Å². The molecule has 0 saturated carbocycles. The molecular weight excluding hydrogens is 752 g/mol. The average Bonchev–Trinajstić information content (AvgIpc) is 3.87. The van der Waals surface area contributed by atoms with Gasteiger partial charge in [0, 0.05) is 0 Å². The summed E-state index contributed by atoms with van der Waals surface area (Å²) < 4.78 is 1.60. The minimum absolute atomic E-state index is 0.0276. The summed E-state index contributed by atoms with van der Waals surface area (Å²) >= 11 is 1.55. The van der Waals surface area contributed by atoms with Crippen LogP contribution in [0.5, 0.6) is 0 Å². The van der Waals surface area contributed by atoms with Gasteiger partial charge < -0.3 is 0 Å². The summed E-state index contributed by atoms with van der Waals surface area (Å²) in [7, 11) is 0. The van der Waals surface area contributed by atoms with E-state index in [4.69, 9.17) is 0 Å². The van der Waals surface area contributed by atoms with Gasteiger partial charge in [-0.05, 0) is 58.9 Å². The Bertz CT molecular complexity index is 2180. The molecule has 0 amide bonds. The molecule has 0 heterocycles. The van der Waals surface area contributed by atoms with Crippen molar-refractivity contribution < 1.29 is 24.2 Å². The minimum atomic E-state index is 0.0276. The van der Waals surface area contributed by atoms with E-state index in [1.807, 2.05) is 12.2 Å². The number of benzene rings is 6. The molecule has 0 N–H and O–H groups in total. The SMILES string of the molecule is Cc1ccccc1-c1[c-]c2c(cc1C(C)(C)C)-c1cc(C(C)(C)C)c(-c3ccccc3C)cc1C2.[C-]1=CC=CC1.[Zr+2]=[C](Cc1ccccc1)Cc1ccccc1. The van der Waals surface area contributed by atoms with Crippen LogP contribution in [0.25, 0.3) is 33.4 Å². The average molecular weight is 808 g/mol. The second kappa shape index (κ2) is 18.2. The first-order chi connectivity index (χ1) is 26.8. The number of allylic oxidation sites excluding steroid dienone is 4. The van der Waals surface area contributed by atoms with Crippen molar-refractivity contribution in [1.29, 1.82) is 0 Å². The van der Waals surface area contributed by atoms with E-state index < -0.39 is 0 Å². The van der Waals surface area contributed by atoms with Crippen molar-refractivity contribution in [2.45, 2.75) is 91.9 Å². The molecule has 0 fully saturated rings. The van der Waals surface area contributed by atoms with Crippen molar-refractivity contribution in [3.8, 4) is 33.4 Å². The van der Waals surface area contributed by atoms with E-state index in [1.54, 1.807) is 27.4 Å². The van der Waals surface area contributed by atoms with E-state index in [0.717, 1.165) is 25.7 Å². The van der Waals surface area contributed by atoms with Crippen molar-refractivity contribution in [2.24, 2.45) is 0 Å². The molecule has 0 nitrogen and oxygen atoms in total. The van der Waals surface area contributed by atoms with E-state index in [-0.39, 0.29) is 10.8 Å². The predicted molar refractivity (Wildman–Crippen MR) is 238 cm³/mol. The van der Waals surface area contributed by atoms with Crippen LogP contribution in [0.4, 0.5) is 0 Å². The summed E-state index contributed by atoms with van der Waals surface area (Å²) in [5.41, 5.74) is 19.1. The zero-order valence-corrected chi connectivity index (χ0v) is 37.1. The fourth-order valence-corrected chi connectivity index (χ4v) is 8.67. The first kappa shape index (κ1) is 41.2. The predicted octanol–water partition coefficient (Wildman–Crippen LogP) is 14.1. The zero-order valence-electron chi connectivity index (χ0n) is 34.7. The monoisotopic (exact) mass is 806 g/mol. The first-order valence-electron chi connectivity index (χ1n) is 20.0. The molecule has 0 spiro atoms. The second-order valence-corrected chi connectivity index (χ2v) is 19.0. The summed E-state index contributed by atoms with van der Waals surface area (Å²) in [5, 5.41) is 0. The van der Waals surface area contributed by atoms with Crippen LogP contribution in [0, 0.1) is 26.0 Å². The fraction of sp³-hybridized carbons (Fsp3) is 0.255. The van der Waals surface area contributed by atoms with Crippen molar-refractivity contribution in [1.82, 2.24) is 0 Å². The van der Waals surface area contributed by atoms with Crippen molar-refractivity contribution >= 4 is 3.21 Å². The van der Waals surface area contributed by atoms with E-state index in [9.17, 15) is 0 Å². The van der Waals surface area contributed by atoms with Crippen LogP contribution in [0.3, 0.4) is 0 Å². The molecule has 6 aromatic carbocycles. The van der Waals surface area contributed by atoms with Gasteiger partial charge in [-0.3, -0.25) is 6.08 Å². The summed E-state index contributed by atoms with van der Waals surface area (Å²) in [6.07, 6.45) is 13.2. The number of rotatable bonds is 6. The Morgan fingerprint density at radius 1 is 0.571 bits per heavy atom. The van der Waals surface area contributed by atoms with Crippen LogP contribution >= 0.6 is 0 Å². The van der Waals surface area contributed by atoms with E-state index in [1.165, 1.54) is 77.9 Å². The number of fused-ring (bicyclic) bond motifs is 3. The van der Waals surface area contributed by atoms with Gasteiger partial charge in [0.2, 0.25) is 0 Å². The van der Waals surface area contributed by atoms with E-state index in [2.05, 4.69) is 201 Å². The molecule has 280 valence electrons. The fourth-order valence-electron chi connectivity index (χ4n) is 7.66. The van der Waals surface area contributed by atoms with Crippen LogP contribution in [-0.2, 0) is 54.3 Å². The number of aryl methyl sites for hydroxylation is 2. The summed E-state index contributed by atoms with van der Waals surface area (Å²) in [5.74, 6) is 0. The molecule has 0 unspecified atom stereocenters. The molecule has 6 aromatic rings. The van der Waals surface area contributed by atoms with Gasteiger partial charge in [-0.15, -0.1) is 35.2 Å². The second-order valence-electron chi connectivity index (χ2n) is 17.2. The van der Waals surface area contributed by atoms with Crippen LogP contribution in [0.15, 0.2) is 146 Å². The van der Waals surface area contributed by atoms with Gasteiger partial charge in [0.25, 0.3) is 0 Å². The van der Waals surface area contributed by atoms with Crippen molar-refractivity contribution in [3.63, 3.8) is 0 Å². The summed E-state index contributed by atoms with van der Waals surface area (Å²) in [4.78, 5) is 0. The Kier molecular flexibility index (Phi) is 13.4. The van der Waals surface area contributed by atoms with Crippen LogP contribution in [0.2, 0.25) is 0 Å². The van der Waals surface area contributed by atoms with Crippen LogP contribution < -0.4 is 0 Å². The molecule has 0 atom stereocenters. The van der Waals surface area contributed by atoms with Crippen molar-refractivity contribution in [3.05, 3.63) is 202 Å². The summed E-state index contributed by atoms with van der Waals surface area (Å²) in [6, 6.07) is 50.3. The Morgan fingerprint density at radius 2 is 1.09 bits per heavy atom. The third-order valence-electron chi connectivity index (χ3n) is 10.6. The van der Waals surface area contributed by atoms with Gasteiger partial charge >= 0.3 is 112 Å². The Labute approximate surface area is 352 Å². The Morgan fingerprint density at radius 3 is 1.57 bits per heavy atom. The first-order valence-corrected chi connectivity index (χ1v) is 21.3. The van der Waals surface area contributed by atoms with Gasteiger partial charge in [0.15, 0.2) is 0 Å². The maximum atomic E-state index is 3.93. The molecule has 0 saturated heterocycles. The molecule has 8 rings (SSSR count). The molecule has 0 bridgehead atoms. The molecule has 1 heteroatoms. The zero-order chi connectivity index (χ0) is 39.9. The summed E-state index contributed by atoms with van der Waals surface area (Å²) in [6.45, 7) is 18.4. The van der Waals surface area contributed by atoms with Gasteiger partial charge in [-0.1, -0.05) is 124 Å². The molecule has 0 aromatic heterocycles. The maximum absolute atomic E-state index is 3.93. The van der Waals surface area contributed by atoms with Gasteiger partial charge in [-0.25, -0.2) is 12.2 Å².